The van der Waals surface area contributed by atoms with Crippen molar-refractivity contribution in [3.63, 3.8) is 0 Å². The van der Waals surface area contributed by atoms with E-state index in [1.54, 1.807) is 18.0 Å². The summed E-state index contributed by atoms with van der Waals surface area (Å²) in [5, 5.41) is 14.8. The number of carbonyl (C=O) groups is 1. The average molecular weight is 381 g/mol. The Balaban J connectivity index is 1.65. The second-order valence-corrected chi connectivity index (χ2v) is 6.86. The Morgan fingerprint density at radius 2 is 2.16 bits per heavy atom. The minimum absolute atomic E-state index is 0.196. The predicted molar refractivity (Wildman–Crippen MR) is 97.6 cm³/mol. The number of benzene rings is 1. The molecule has 0 bridgehead atoms. The number of urea groups is 1. The molecule has 25 heavy (non-hydrogen) atoms. The zero-order valence-corrected chi connectivity index (χ0v) is 15.4. The molecule has 0 spiro atoms. The molecule has 7 nitrogen and oxygen atoms in total. The highest BCUT2D eigenvalue weighted by molar-refractivity contribution is 6.42. The highest BCUT2D eigenvalue weighted by Crippen LogP contribution is 2.28. The Hall–Kier alpha value is -2.12. The Morgan fingerprint density at radius 1 is 1.36 bits per heavy atom. The van der Waals surface area contributed by atoms with E-state index in [2.05, 4.69) is 33.8 Å². The van der Waals surface area contributed by atoms with Gasteiger partial charge >= 0.3 is 6.03 Å². The Labute approximate surface area is 155 Å². The van der Waals surface area contributed by atoms with Crippen molar-refractivity contribution in [2.24, 2.45) is 13.0 Å². The molecule has 1 N–H and O–H groups in total. The number of piperidine rings is 1. The summed E-state index contributed by atoms with van der Waals surface area (Å²) in [5.74, 6) is 0.571. The zero-order valence-electron chi connectivity index (χ0n) is 13.9. The third-order valence-electron chi connectivity index (χ3n) is 4.22. The number of carbonyl (C=O) groups excluding carboxylic acids is 1. The van der Waals surface area contributed by atoms with Crippen LogP contribution in [-0.4, -0.2) is 44.2 Å². The minimum atomic E-state index is -0.196. The van der Waals surface area contributed by atoms with E-state index in [0.717, 1.165) is 12.0 Å². The fourth-order valence-corrected chi connectivity index (χ4v) is 3.08. The first-order valence-corrected chi connectivity index (χ1v) is 8.63. The van der Waals surface area contributed by atoms with Crippen LogP contribution in [0.2, 0.25) is 10.0 Å². The van der Waals surface area contributed by atoms with Gasteiger partial charge in [0, 0.05) is 20.1 Å². The number of aromatic nitrogens is 4. The quantitative estimate of drug-likeness (QED) is 0.864. The smallest absolute Gasteiger partial charge is 0.324 e. The lowest BCUT2D eigenvalue weighted by Gasteiger charge is -2.33. The van der Waals surface area contributed by atoms with E-state index in [9.17, 15) is 4.79 Å². The monoisotopic (exact) mass is 380 g/mol. The number of hydrogen-bond donors (Lipinski definition) is 1. The van der Waals surface area contributed by atoms with E-state index in [4.69, 9.17) is 23.2 Å². The number of likely N-dealkylation sites (tertiary alicyclic amines) is 1. The van der Waals surface area contributed by atoms with E-state index in [0.29, 0.717) is 29.1 Å². The SMILES string of the molecule is CC1CN(C(=O)Nc2nnnn2C)CC/C1=C\c1ccc(Cl)c(Cl)c1. The summed E-state index contributed by atoms with van der Waals surface area (Å²) in [4.78, 5) is 14.1. The number of tetrazole rings is 1. The molecule has 1 atom stereocenters. The normalized spacial score (nSPS) is 19.3. The summed E-state index contributed by atoms with van der Waals surface area (Å²) in [6.45, 7) is 3.37. The fraction of sp³-hybridized carbons (Fsp3) is 0.375. The minimum Gasteiger partial charge on any atom is -0.324 e. The molecule has 1 aromatic heterocycles. The van der Waals surface area contributed by atoms with Gasteiger partial charge in [0.05, 0.1) is 10.0 Å². The molecule has 2 amide bonds. The van der Waals surface area contributed by atoms with Crippen molar-refractivity contribution in [1.29, 1.82) is 0 Å². The number of amides is 2. The zero-order chi connectivity index (χ0) is 18.0. The molecule has 1 saturated heterocycles. The molecule has 0 saturated carbocycles. The van der Waals surface area contributed by atoms with Crippen molar-refractivity contribution < 1.29 is 4.79 Å². The van der Waals surface area contributed by atoms with Gasteiger partial charge in [-0.25, -0.2) is 9.48 Å². The van der Waals surface area contributed by atoms with Crippen LogP contribution in [0.4, 0.5) is 10.7 Å². The van der Waals surface area contributed by atoms with E-state index in [1.165, 1.54) is 10.3 Å². The molecule has 1 aliphatic rings. The van der Waals surface area contributed by atoms with E-state index < -0.39 is 0 Å². The Bertz CT molecular complexity index is 819. The molecule has 0 aliphatic carbocycles. The summed E-state index contributed by atoms with van der Waals surface area (Å²) in [6.07, 6.45) is 2.92. The molecule has 1 aromatic carbocycles. The maximum Gasteiger partial charge on any atom is 0.324 e. The predicted octanol–water partition coefficient (Wildman–Crippen LogP) is 3.47. The van der Waals surface area contributed by atoms with Gasteiger partial charge in [0.25, 0.3) is 5.95 Å². The highest BCUT2D eigenvalue weighted by Gasteiger charge is 2.25. The highest BCUT2D eigenvalue weighted by atomic mass is 35.5. The summed E-state index contributed by atoms with van der Waals surface area (Å²) < 4.78 is 1.42. The van der Waals surface area contributed by atoms with Crippen molar-refractivity contribution in [1.82, 2.24) is 25.1 Å². The van der Waals surface area contributed by atoms with Crippen molar-refractivity contribution in [3.05, 3.63) is 39.4 Å². The molecule has 2 heterocycles. The van der Waals surface area contributed by atoms with Crippen LogP contribution in [0, 0.1) is 5.92 Å². The lowest BCUT2D eigenvalue weighted by Crippen LogP contribution is -2.42. The van der Waals surface area contributed by atoms with Crippen LogP contribution < -0.4 is 5.32 Å². The first-order chi connectivity index (χ1) is 11.9. The van der Waals surface area contributed by atoms with Crippen LogP contribution >= 0.6 is 23.2 Å². The Morgan fingerprint density at radius 3 is 2.80 bits per heavy atom. The van der Waals surface area contributed by atoms with Gasteiger partial charge < -0.3 is 4.90 Å². The van der Waals surface area contributed by atoms with Crippen molar-refractivity contribution >= 4 is 41.3 Å². The molecule has 132 valence electrons. The molecule has 2 aromatic rings. The lowest BCUT2D eigenvalue weighted by atomic mass is 9.91. The number of nitrogens with one attached hydrogen (secondary N) is 1. The second-order valence-electron chi connectivity index (χ2n) is 6.05. The molecule has 0 radical (unpaired) electrons. The first kappa shape index (κ1) is 17.7. The summed E-state index contributed by atoms with van der Waals surface area (Å²) in [7, 11) is 1.67. The molecule has 1 aliphatic heterocycles. The van der Waals surface area contributed by atoms with E-state index in [-0.39, 0.29) is 11.9 Å². The number of rotatable bonds is 2. The van der Waals surface area contributed by atoms with Gasteiger partial charge in [-0.3, -0.25) is 5.32 Å². The van der Waals surface area contributed by atoms with Gasteiger partial charge in [-0.15, -0.1) is 0 Å². The van der Waals surface area contributed by atoms with Crippen LogP contribution in [0.3, 0.4) is 0 Å². The van der Waals surface area contributed by atoms with E-state index >= 15 is 0 Å². The lowest BCUT2D eigenvalue weighted by molar-refractivity contribution is 0.197. The van der Waals surface area contributed by atoms with Crippen molar-refractivity contribution in [2.45, 2.75) is 13.3 Å². The Kier molecular flexibility index (Phi) is 5.24. The molecular weight excluding hydrogens is 363 g/mol. The third kappa shape index (κ3) is 4.11. The summed E-state index contributed by atoms with van der Waals surface area (Å²) in [6, 6.07) is 5.38. The van der Waals surface area contributed by atoms with Crippen LogP contribution in [0.1, 0.15) is 18.9 Å². The van der Waals surface area contributed by atoms with Gasteiger partial charge in [-0.2, -0.15) is 0 Å². The number of anilines is 1. The molecule has 1 fully saturated rings. The van der Waals surface area contributed by atoms with Gasteiger partial charge in [0.15, 0.2) is 0 Å². The average Bonchev–Trinajstić information content (AvgIpc) is 2.97. The van der Waals surface area contributed by atoms with Gasteiger partial charge in [0.2, 0.25) is 0 Å². The van der Waals surface area contributed by atoms with Crippen LogP contribution in [0.5, 0.6) is 0 Å². The summed E-state index contributed by atoms with van der Waals surface area (Å²) >= 11 is 12.0. The largest absolute Gasteiger partial charge is 0.324 e. The third-order valence-corrected chi connectivity index (χ3v) is 4.96. The van der Waals surface area contributed by atoms with Crippen LogP contribution in [0.15, 0.2) is 23.8 Å². The molecule has 9 heteroatoms. The second kappa shape index (κ2) is 7.41. The van der Waals surface area contributed by atoms with Gasteiger partial charge in [-0.1, -0.05) is 52.9 Å². The number of halogens is 2. The maximum atomic E-state index is 12.4. The number of aryl methyl sites for hydroxylation is 1. The van der Waals surface area contributed by atoms with Crippen LogP contribution in [0.25, 0.3) is 6.08 Å². The standard InChI is InChI=1S/C16H18Cl2N6O/c1-10-9-24(16(25)19-15-20-21-22-23(15)2)6-5-12(10)7-11-3-4-13(17)14(18)8-11/h3-4,7-8,10H,5-6,9H2,1-2H3,(H,19,20,22,25)/b12-7+. The topological polar surface area (TPSA) is 75.9 Å². The number of nitrogens with zero attached hydrogens (tertiary/aromatic N) is 5. The van der Waals surface area contributed by atoms with Crippen molar-refractivity contribution in [3.8, 4) is 0 Å². The van der Waals surface area contributed by atoms with Crippen LogP contribution in [-0.2, 0) is 7.05 Å². The number of hydrogen-bond acceptors (Lipinski definition) is 4. The van der Waals surface area contributed by atoms with Crippen molar-refractivity contribution in [2.75, 3.05) is 18.4 Å². The van der Waals surface area contributed by atoms with E-state index in [1.807, 2.05) is 12.1 Å². The molecular formula is C16H18Cl2N6O. The summed E-state index contributed by atoms with van der Waals surface area (Å²) in [5.41, 5.74) is 2.29. The molecule has 3 rings (SSSR count). The van der Waals surface area contributed by atoms with Gasteiger partial charge in [0.1, 0.15) is 0 Å². The maximum absolute atomic E-state index is 12.4. The molecule has 1 unspecified atom stereocenters. The first-order valence-electron chi connectivity index (χ1n) is 7.88. The fourth-order valence-electron chi connectivity index (χ4n) is 2.77. The van der Waals surface area contributed by atoms with Gasteiger partial charge in [-0.05, 0) is 40.5 Å².